The highest BCUT2D eigenvalue weighted by Gasteiger charge is 2.63. The van der Waals surface area contributed by atoms with Crippen LogP contribution in [0.3, 0.4) is 0 Å². The van der Waals surface area contributed by atoms with E-state index in [2.05, 4.69) is 21.0 Å². The highest BCUT2D eigenvalue weighted by atomic mass is 79.9. The molecule has 26 heavy (non-hydrogen) atoms. The fraction of sp³-hybridized carbons (Fsp3) is 0.176. The molecule has 0 radical (unpaired) electrons. The molecule has 0 saturated carbocycles. The summed E-state index contributed by atoms with van der Waals surface area (Å²) >= 11 is 8.97. The first kappa shape index (κ1) is 18.9. The van der Waals surface area contributed by atoms with E-state index in [9.17, 15) is 23.1 Å². The fourth-order valence-corrected chi connectivity index (χ4v) is 2.89. The fourth-order valence-electron chi connectivity index (χ4n) is 2.50. The average molecular weight is 448 g/mol. The number of hydrogen-bond donors (Lipinski definition) is 1. The van der Waals surface area contributed by atoms with Crippen LogP contribution in [-0.4, -0.2) is 33.6 Å². The zero-order valence-electron chi connectivity index (χ0n) is 13.0. The number of aliphatic hydroxyl groups is 1. The van der Waals surface area contributed by atoms with Crippen LogP contribution in [0.5, 0.6) is 0 Å². The van der Waals surface area contributed by atoms with Gasteiger partial charge in [-0.05, 0) is 42.0 Å². The van der Waals surface area contributed by atoms with Crippen molar-refractivity contribution in [2.24, 2.45) is 5.10 Å². The highest BCUT2D eigenvalue weighted by molar-refractivity contribution is 9.10. The number of hydrazone groups is 1. The molecule has 0 spiro atoms. The van der Waals surface area contributed by atoms with Crippen LogP contribution < -0.4 is 0 Å². The van der Waals surface area contributed by atoms with Gasteiger partial charge in [-0.1, -0.05) is 39.7 Å². The maximum atomic E-state index is 13.5. The molecule has 1 heterocycles. The van der Waals surface area contributed by atoms with Crippen LogP contribution >= 0.6 is 27.5 Å². The smallest absolute Gasteiger partial charge is 0.362 e. The molecule has 0 aliphatic carbocycles. The van der Waals surface area contributed by atoms with Crippen LogP contribution in [0.1, 0.15) is 22.3 Å². The lowest BCUT2D eigenvalue weighted by Gasteiger charge is -2.32. The van der Waals surface area contributed by atoms with E-state index in [1.165, 1.54) is 48.5 Å². The number of carbonyl (C=O) groups is 1. The van der Waals surface area contributed by atoms with E-state index < -0.39 is 24.2 Å². The normalized spacial score (nSPS) is 20.2. The molecule has 1 atom stereocenters. The SMILES string of the molecule is O=C(c1ccc(Br)cc1)N1N=C(c2ccc(Cl)cc2)CC1(O)C(F)(F)F. The van der Waals surface area contributed by atoms with Crippen molar-refractivity contribution in [3.63, 3.8) is 0 Å². The van der Waals surface area contributed by atoms with Crippen molar-refractivity contribution in [1.29, 1.82) is 0 Å². The van der Waals surface area contributed by atoms with Crippen LogP contribution in [0, 0.1) is 0 Å². The Morgan fingerprint density at radius 1 is 1.15 bits per heavy atom. The van der Waals surface area contributed by atoms with Crippen LogP contribution in [-0.2, 0) is 0 Å². The van der Waals surface area contributed by atoms with Gasteiger partial charge in [-0.2, -0.15) is 23.3 Å². The molecule has 2 aromatic carbocycles. The Balaban J connectivity index is 2.03. The molecule has 1 aliphatic heterocycles. The van der Waals surface area contributed by atoms with Crippen LogP contribution in [0.2, 0.25) is 5.02 Å². The molecular weight excluding hydrogens is 437 g/mol. The number of hydrogen-bond acceptors (Lipinski definition) is 3. The summed E-state index contributed by atoms with van der Waals surface area (Å²) in [5.41, 5.74) is -3.18. The third-order valence-electron chi connectivity index (χ3n) is 3.90. The number of benzene rings is 2. The minimum absolute atomic E-state index is 0.0306. The molecule has 0 saturated heterocycles. The summed E-state index contributed by atoms with van der Waals surface area (Å²) in [6.45, 7) is 0. The van der Waals surface area contributed by atoms with Crippen molar-refractivity contribution < 1.29 is 23.1 Å². The molecule has 9 heteroatoms. The molecule has 1 amide bonds. The van der Waals surface area contributed by atoms with Crippen molar-refractivity contribution in [3.05, 3.63) is 69.2 Å². The maximum absolute atomic E-state index is 13.5. The Kier molecular flexibility index (Phi) is 4.85. The van der Waals surface area contributed by atoms with Crippen LogP contribution in [0.4, 0.5) is 13.2 Å². The molecule has 1 aliphatic rings. The van der Waals surface area contributed by atoms with Crippen molar-refractivity contribution in [1.82, 2.24) is 5.01 Å². The van der Waals surface area contributed by atoms with E-state index in [4.69, 9.17) is 11.6 Å². The van der Waals surface area contributed by atoms with Gasteiger partial charge >= 0.3 is 6.18 Å². The van der Waals surface area contributed by atoms with Gasteiger partial charge in [-0.15, -0.1) is 0 Å². The minimum atomic E-state index is -5.09. The van der Waals surface area contributed by atoms with E-state index in [0.29, 0.717) is 15.1 Å². The van der Waals surface area contributed by atoms with E-state index in [-0.39, 0.29) is 16.3 Å². The summed E-state index contributed by atoms with van der Waals surface area (Å²) in [7, 11) is 0. The third-order valence-corrected chi connectivity index (χ3v) is 4.68. The summed E-state index contributed by atoms with van der Waals surface area (Å²) < 4.78 is 41.3. The van der Waals surface area contributed by atoms with Crippen molar-refractivity contribution >= 4 is 39.1 Å². The Morgan fingerprint density at radius 3 is 2.27 bits per heavy atom. The van der Waals surface area contributed by atoms with Gasteiger partial charge in [0.25, 0.3) is 11.6 Å². The van der Waals surface area contributed by atoms with Crippen molar-refractivity contribution in [3.8, 4) is 0 Å². The predicted molar refractivity (Wildman–Crippen MR) is 93.9 cm³/mol. The molecule has 1 N–H and O–H groups in total. The van der Waals surface area contributed by atoms with Crippen molar-refractivity contribution in [2.75, 3.05) is 0 Å². The number of nitrogens with zero attached hydrogens (tertiary/aromatic N) is 2. The molecule has 0 fully saturated rings. The van der Waals surface area contributed by atoms with Crippen LogP contribution in [0.25, 0.3) is 0 Å². The molecular formula is C17H11BrClF3N2O2. The number of halogens is 5. The topological polar surface area (TPSA) is 52.9 Å². The minimum Gasteiger partial charge on any atom is -0.362 e. The number of rotatable bonds is 2. The lowest BCUT2D eigenvalue weighted by molar-refractivity contribution is -0.297. The van der Waals surface area contributed by atoms with E-state index in [1.54, 1.807) is 0 Å². The van der Waals surface area contributed by atoms with Gasteiger partial charge in [0, 0.05) is 15.1 Å². The summed E-state index contributed by atoms with van der Waals surface area (Å²) in [5, 5.41) is 14.6. The molecule has 1 unspecified atom stereocenters. The first-order chi connectivity index (χ1) is 12.1. The Labute approximate surface area is 160 Å². The average Bonchev–Trinajstić information content (AvgIpc) is 2.94. The molecule has 136 valence electrons. The second-order valence-electron chi connectivity index (χ2n) is 5.67. The quantitative estimate of drug-likeness (QED) is 0.731. The third kappa shape index (κ3) is 3.36. The molecule has 0 aromatic heterocycles. The Bertz CT molecular complexity index is 869. The Hall–Kier alpha value is -1.90. The van der Waals surface area contributed by atoms with Gasteiger partial charge in [0.05, 0.1) is 12.1 Å². The monoisotopic (exact) mass is 446 g/mol. The molecule has 4 nitrogen and oxygen atoms in total. The van der Waals surface area contributed by atoms with E-state index in [1.807, 2.05) is 0 Å². The second-order valence-corrected chi connectivity index (χ2v) is 7.02. The molecule has 2 aromatic rings. The zero-order valence-corrected chi connectivity index (χ0v) is 15.3. The van der Waals surface area contributed by atoms with Gasteiger partial charge in [-0.25, -0.2) is 0 Å². The molecule has 3 rings (SSSR count). The maximum Gasteiger partial charge on any atom is 0.438 e. The standard InChI is InChI=1S/C17H11BrClF3N2O2/c18-12-5-1-11(2-6-12)15(25)24-16(26,17(20,21)22)9-14(23-24)10-3-7-13(19)8-4-10/h1-8,26H,9H2. The van der Waals surface area contributed by atoms with E-state index in [0.717, 1.165) is 0 Å². The first-order valence-corrected chi connectivity index (χ1v) is 8.51. The lowest BCUT2D eigenvalue weighted by atomic mass is 10.0. The highest BCUT2D eigenvalue weighted by Crippen LogP contribution is 2.42. The van der Waals surface area contributed by atoms with Gasteiger partial charge in [0.15, 0.2) is 0 Å². The summed E-state index contributed by atoms with van der Waals surface area (Å²) in [4.78, 5) is 12.6. The number of alkyl halides is 3. The zero-order chi connectivity index (χ0) is 19.1. The summed E-state index contributed by atoms with van der Waals surface area (Å²) in [6.07, 6.45) is -5.96. The van der Waals surface area contributed by atoms with Crippen LogP contribution in [0.15, 0.2) is 58.1 Å². The lowest BCUT2D eigenvalue weighted by Crippen LogP contribution is -2.56. The van der Waals surface area contributed by atoms with Gasteiger partial charge < -0.3 is 5.11 Å². The number of carbonyl (C=O) groups excluding carboxylic acids is 1. The van der Waals surface area contributed by atoms with Gasteiger partial charge in [0.1, 0.15) is 0 Å². The first-order valence-electron chi connectivity index (χ1n) is 7.34. The summed E-state index contributed by atoms with van der Waals surface area (Å²) in [6, 6.07) is 11.7. The van der Waals surface area contributed by atoms with E-state index >= 15 is 0 Å². The molecule has 0 bridgehead atoms. The van der Waals surface area contributed by atoms with Crippen molar-refractivity contribution in [2.45, 2.75) is 18.3 Å². The largest absolute Gasteiger partial charge is 0.438 e. The summed E-state index contributed by atoms with van der Waals surface area (Å²) in [5.74, 6) is -1.05. The Morgan fingerprint density at radius 2 is 1.73 bits per heavy atom. The van der Waals surface area contributed by atoms with Gasteiger partial charge in [-0.3, -0.25) is 4.79 Å². The second kappa shape index (κ2) is 6.68. The number of amides is 1. The van der Waals surface area contributed by atoms with Gasteiger partial charge in [0.2, 0.25) is 0 Å². The predicted octanol–water partition coefficient (Wildman–Crippen LogP) is 4.60.